The number of carbonyl (C=O) groups excluding carboxylic acids is 1. The number of carbonyl (C=O) groups is 1. The zero-order valence-corrected chi connectivity index (χ0v) is 10.9. The number of halogens is 1. The standard InChI is InChI=1S/C14H9BrN2O/c15-12-6-2-1-4-10(12)13(18)11-8-17-14-9(11)5-3-7-16-14/h1-8H,(H,16,17). The predicted molar refractivity (Wildman–Crippen MR) is 73.7 cm³/mol. The molecular formula is C14H9BrN2O. The average Bonchev–Trinajstić information content (AvgIpc) is 2.82. The van der Waals surface area contributed by atoms with E-state index in [1.54, 1.807) is 12.4 Å². The van der Waals surface area contributed by atoms with E-state index in [0.717, 1.165) is 15.5 Å². The lowest BCUT2D eigenvalue weighted by molar-refractivity contribution is 0.103. The molecule has 0 saturated heterocycles. The van der Waals surface area contributed by atoms with Crippen LogP contribution in [-0.4, -0.2) is 15.8 Å². The van der Waals surface area contributed by atoms with Crippen LogP contribution in [0.15, 0.2) is 53.3 Å². The van der Waals surface area contributed by atoms with Gasteiger partial charge in [-0.05, 0) is 24.3 Å². The summed E-state index contributed by atoms with van der Waals surface area (Å²) in [7, 11) is 0. The number of rotatable bonds is 2. The van der Waals surface area contributed by atoms with Crippen molar-refractivity contribution in [3.8, 4) is 0 Å². The van der Waals surface area contributed by atoms with E-state index < -0.39 is 0 Å². The summed E-state index contributed by atoms with van der Waals surface area (Å²) in [5.74, 6) is -0.0123. The Balaban J connectivity index is 2.16. The van der Waals surface area contributed by atoms with Crippen molar-refractivity contribution in [3.63, 3.8) is 0 Å². The highest BCUT2D eigenvalue weighted by Crippen LogP contribution is 2.23. The maximum atomic E-state index is 12.5. The number of aromatic nitrogens is 2. The van der Waals surface area contributed by atoms with Gasteiger partial charge >= 0.3 is 0 Å². The fourth-order valence-electron chi connectivity index (χ4n) is 1.93. The molecule has 3 aromatic rings. The molecule has 0 aliphatic carbocycles. The topological polar surface area (TPSA) is 45.8 Å². The highest BCUT2D eigenvalue weighted by atomic mass is 79.9. The van der Waals surface area contributed by atoms with Crippen LogP contribution in [0.2, 0.25) is 0 Å². The summed E-state index contributed by atoms with van der Waals surface area (Å²) in [5.41, 5.74) is 2.03. The Hall–Kier alpha value is -1.94. The lowest BCUT2D eigenvalue weighted by atomic mass is 10.0. The first-order chi connectivity index (χ1) is 8.77. The number of pyridine rings is 1. The van der Waals surface area contributed by atoms with Gasteiger partial charge in [-0.3, -0.25) is 4.79 Å². The van der Waals surface area contributed by atoms with Gasteiger partial charge in [0.05, 0.1) is 0 Å². The molecule has 0 unspecified atom stereocenters. The Morgan fingerprint density at radius 1 is 1.11 bits per heavy atom. The quantitative estimate of drug-likeness (QED) is 0.736. The van der Waals surface area contributed by atoms with E-state index in [1.807, 2.05) is 36.4 Å². The fourth-order valence-corrected chi connectivity index (χ4v) is 2.40. The minimum Gasteiger partial charge on any atom is -0.345 e. The normalized spacial score (nSPS) is 10.7. The number of H-pyrrole nitrogens is 1. The number of hydrogen-bond donors (Lipinski definition) is 1. The van der Waals surface area contributed by atoms with Crippen LogP contribution in [0.5, 0.6) is 0 Å². The van der Waals surface area contributed by atoms with Crippen molar-refractivity contribution in [1.82, 2.24) is 9.97 Å². The summed E-state index contributed by atoms with van der Waals surface area (Å²) in [5, 5.41) is 0.846. The molecule has 1 aromatic carbocycles. The molecule has 3 rings (SSSR count). The van der Waals surface area contributed by atoms with Gasteiger partial charge in [-0.15, -0.1) is 0 Å². The highest BCUT2D eigenvalue weighted by Gasteiger charge is 2.16. The van der Waals surface area contributed by atoms with Crippen molar-refractivity contribution < 1.29 is 4.79 Å². The Kier molecular flexibility index (Phi) is 2.72. The van der Waals surface area contributed by atoms with Gasteiger partial charge in [0.1, 0.15) is 5.65 Å². The van der Waals surface area contributed by atoms with E-state index in [0.29, 0.717) is 11.1 Å². The SMILES string of the molecule is O=C(c1ccccc1Br)c1c[nH]c2ncccc12. The molecule has 0 amide bonds. The first-order valence-corrected chi connectivity index (χ1v) is 6.28. The number of hydrogen-bond acceptors (Lipinski definition) is 2. The van der Waals surface area contributed by atoms with E-state index in [-0.39, 0.29) is 5.78 Å². The third-order valence-corrected chi connectivity index (χ3v) is 3.51. The van der Waals surface area contributed by atoms with Crippen LogP contribution >= 0.6 is 15.9 Å². The minimum absolute atomic E-state index is 0.0123. The van der Waals surface area contributed by atoms with Crippen molar-refractivity contribution in [1.29, 1.82) is 0 Å². The van der Waals surface area contributed by atoms with E-state index in [9.17, 15) is 4.79 Å². The van der Waals surface area contributed by atoms with E-state index >= 15 is 0 Å². The Bertz CT molecular complexity index is 733. The number of benzene rings is 1. The molecule has 0 spiro atoms. The molecule has 0 bridgehead atoms. The molecular weight excluding hydrogens is 292 g/mol. The van der Waals surface area contributed by atoms with Crippen LogP contribution in [0.25, 0.3) is 11.0 Å². The molecule has 0 radical (unpaired) electrons. The van der Waals surface area contributed by atoms with Gasteiger partial charge in [0.15, 0.2) is 5.78 Å². The fraction of sp³-hybridized carbons (Fsp3) is 0. The molecule has 88 valence electrons. The first-order valence-electron chi connectivity index (χ1n) is 5.48. The highest BCUT2D eigenvalue weighted by molar-refractivity contribution is 9.10. The van der Waals surface area contributed by atoms with Gasteiger partial charge in [0.2, 0.25) is 0 Å². The molecule has 0 aliphatic heterocycles. The van der Waals surface area contributed by atoms with Gasteiger partial charge in [-0.2, -0.15) is 0 Å². The lowest BCUT2D eigenvalue weighted by Crippen LogP contribution is -2.01. The van der Waals surface area contributed by atoms with Crippen LogP contribution in [0.3, 0.4) is 0 Å². The van der Waals surface area contributed by atoms with E-state index in [4.69, 9.17) is 0 Å². The second-order valence-corrected chi connectivity index (χ2v) is 4.77. The van der Waals surface area contributed by atoms with Crippen LogP contribution in [-0.2, 0) is 0 Å². The summed E-state index contributed by atoms with van der Waals surface area (Å²) >= 11 is 3.40. The van der Waals surface area contributed by atoms with Gasteiger partial charge < -0.3 is 4.98 Å². The van der Waals surface area contributed by atoms with Crippen molar-refractivity contribution in [2.75, 3.05) is 0 Å². The first kappa shape index (κ1) is 11.2. The maximum Gasteiger partial charge on any atom is 0.196 e. The number of ketones is 1. The molecule has 4 heteroatoms. The molecule has 2 aromatic heterocycles. The van der Waals surface area contributed by atoms with Crippen molar-refractivity contribution in [2.45, 2.75) is 0 Å². The summed E-state index contributed by atoms with van der Waals surface area (Å²) < 4.78 is 0.799. The van der Waals surface area contributed by atoms with Gasteiger partial charge in [-0.1, -0.05) is 28.1 Å². The smallest absolute Gasteiger partial charge is 0.196 e. The summed E-state index contributed by atoms with van der Waals surface area (Å²) in [6.07, 6.45) is 3.41. The van der Waals surface area contributed by atoms with Crippen LogP contribution < -0.4 is 0 Å². The van der Waals surface area contributed by atoms with E-state index in [2.05, 4.69) is 25.9 Å². The number of nitrogens with zero attached hydrogens (tertiary/aromatic N) is 1. The second kappa shape index (κ2) is 4.38. The van der Waals surface area contributed by atoms with Gasteiger partial charge in [0, 0.05) is 33.4 Å². The minimum atomic E-state index is -0.0123. The Labute approximate surface area is 112 Å². The number of nitrogens with one attached hydrogen (secondary N) is 1. The largest absolute Gasteiger partial charge is 0.345 e. The Morgan fingerprint density at radius 3 is 2.78 bits per heavy atom. The third-order valence-electron chi connectivity index (χ3n) is 2.81. The van der Waals surface area contributed by atoms with Gasteiger partial charge in [0.25, 0.3) is 0 Å². The molecule has 0 saturated carbocycles. The summed E-state index contributed by atoms with van der Waals surface area (Å²) in [4.78, 5) is 19.7. The Morgan fingerprint density at radius 2 is 1.94 bits per heavy atom. The lowest BCUT2D eigenvalue weighted by Gasteiger charge is -2.01. The zero-order chi connectivity index (χ0) is 12.5. The predicted octanol–water partition coefficient (Wildman–Crippen LogP) is 3.56. The van der Waals surface area contributed by atoms with Crippen molar-refractivity contribution in [3.05, 3.63) is 64.4 Å². The van der Waals surface area contributed by atoms with E-state index in [1.165, 1.54) is 0 Å². The summed E-state index contributed by atoms with van der Waals surface area (Å²) in [6.45, 7) is 0. The van der Waals surface area contributed by atoms with Crippen LogP contribution in [0.1, 0.15) is 15.9 Å². The van der Waals surface area contributed by atoms with Crippen LogP contribution in [0.4, 0.5) is 0 Å². The molecule has 0 atom stereocenters. The molecule has 0 fully saturated rings. The number of fused-ring (bicyclic) bond motifs is 1. The third kappa shape index (κ3) is 1.75. The number of aromatic amines is 1. The van der Waals surface area contributed by atoms with Crippen LogP contribution in [0, 0.1) is 0 Å². The zero-order valence-electron chi connectivity index (χ0n) is 9.35. The van der Waals surface area contributed by atoms with Crippen molar-refractivity contribution in [2.24, 2.45) is 0 Å². The van der Waals surface area contributed by atoms with Gasteiger partial charge in [-0.25, -0.2) is 4.98 Å². The average molecular weight is 301 g/mol. The monoisotopic (exact) mass is 300 g/mol. The molecule has 0 aliphatic rings. The van der Waals surface area contributed by atoms with Crippen molar-refractivity contribution >= 4 is 32.7 Å². The molecule has 2 heterocycles. The molecule has 3 nitrogen and oxygen atoms in total. The maximum absolute atomic E-state index is 12.5. The summed E-state index contributed by atoms with van der Waals surface area (Å²) in [6, 6.07) is 11.1. The second-order valence-electron chi connectivity index (χ2n) is 3.91. The molecule has 1 N–H and O–H groups in total. The molecule has 18 heavy (non-hydrogen) atoms.